The Morgan fingerprint density at radius 2 is 2.18 bits per heavy atom. The van der Waals surface area contributed by atoms with E-state index in [0.717, 1.165) is 0 Å². The van der Waals surface area contributed by atoms with E-state index in [1.807, 2.05) is 0 Å². The van der Waals surface area contributed by atoms with Crippen LogP contribution >= 0.6 is 0 Å². The van der Waals surface area contributed by atoms with Crippen molar-refractivity contribution in [2.75, 3.05) is 13.8 Å². The Bertz CT molecular complexity index is 160. The van der Waals surface area contributed by atoms with Crippen molar-refractivity contribution in [3.8, 4) is 0 Å². The molecule has 0 unspecified atom stereocenters. The molecule has 0 saturated heterocycles. The van der Waals surface area contributed by atoms with Crippen LogP contribution in [0.25, 0.3) is 0 Å². The van der Waals surface area contributed by atoms with E-state index in [-0.39, 0.29) is 6.42 Å². The number of ether oxygens (including phenoxy) is 1. The molecule has 0 bridgehead atoms. The van der Waals surface area contributed by atoms with Crippen molar-refractivity contribution in [3.05, 3.63) is 0 Å². The van der Waals surface area contributed by atoms with Crippen molar-refractivity contribution >= 4 is 11.8 Å². The normalized spacial score (nSPS) is 12.3. The van der Waals surface area contributed by atoms with Crippen molar-refractivity contribution in [2.24, 2.45) is 5.73 Å². The average Bonchev–Trinajstić information content (AvgIpc) is 2.02. The van der Waals surface area contributed by atoms with Gasteiger partial charge in [-0.15, -0.1) is 0 Å². The standard InChI is InChI=1S/C6H10FNO3/c1-11-6(10)2-4(8)5(9)3-7/h4H,2-3,8H2,1H3/t4-/m0/s1. The number of rotatable bonds is 4. The van der Waals surface area contributed by atoms with Gasteiger partial charge in [-0.2, -0.15) is 0 Å². The Labute approximate surface area is 63.5 Å². The van der Waals surface area contributed by atoms with Gasteiger partial charge in [0, 0.05) is 0 Å². The van der Waals surface area contributed by atoms with Crippen LogP contribution in [0.4, 0.5) is 4.39 Å². The van der Waals surface area contributed by atoms with Crippen LogP contribution in [0.15, 0.2) is 0 Å². The highest BCUT2D eigenvalue weighted by molar-refractivity contribution is 5.88. The van der Waals surface area contributed by atoms with Gasteiger partial charge in [-0.25, -0.2) is 4.39 Å². The Morgan fingerprint density at radius 1 is 1.64 bits per heavy atom. The number of halogens is 1. The van der Waals surface area contributed by atoms with Gasteiger partial charge in [0.25, 0.3) is 0 Å². The molecule has 0 fully saturated rings. The number of hydrogen-bond acceptors (Lipinski definition) is 4. The maximum Gasteiger partial charge on any atom is 0.307 e. The SMILES string of the molecule is COC(=O)C[C@H](N)C(=O)CF. The number of ketones is 1. The van der Waals surface area contributed by atoms with E-state index in [9.17, 15) is 14.0 Å². The Morgan fingerprint density at radius 3 is 2.55 bits per heavy atom. The van der Waals surface area contributed by atoms with Crippen LogP contribution in [0.3, 0.4) is 0 Å². The lowest BCUT2D eigenvalue weighted by molar-refractivity contribution is -0.142. The van der Waals surface area contributed by atoms with Gasteiger partial charge in [0.15, 0.2) is 5.78 Å². The third-order valence-corrected chi connectivity index (χ3v) is 1.16. The van der Waals surface area contributed by atoms with Crippen molar-refractivity contribution in [3.63, 3.8) is 0 Å². The van der Waals surface area contributed by atoms with E-state index >= 15 is 0 Å². The number of esters is 1. The second-order valence-electron chi connectivity index (χ2n) is 1.99. The monoisotopic (exact) mass is 163 g/mol. The predicted molar refractivity (Wildman–Crippen MR) is 35.6 cm³/mol. The fourth-order valence-corrected chi connectivity index (χ4v) is 0.476. The second kappa shape index (κ2) is 4.79. The van der Waals surface area contributed by atoms with Gasteiger partial charge in [-0.3, -0.25) is 9.59 Å². The molecule has 11 heavy (non-hydrogen) atoms. The van der Waals surface area contributed by atoms with Gasteiger partial charge in [0.05, 0.1) is 19.6 Å². The molecule has 0 spiro atoms. The predicted octanol–water partition coefficient (Wildman–Crippen LogP) is -0.585. The van der Waals surface area contributed by atoms with Crippen LogP contribution in [0.2, 0.25) is 0 Å². The molecule has 0 aliphatic carbocycles. The zero-order valence-corrected chi connectivity index (χ0v) is 6.17. The second-order valence-corrected chi connectivity index (χ2v) is 1.99. The summed E-state index contributed by atoms with van der Waals surface area (Å²) in [5.41, 5.74) is 5.11. The molecule has 0 rings (SSSR count). The molecule has 0 aliphatic heterocycles. The van der Waals surface area contributed by atoms with E-state index < -0.39 is 24.5 Å². The van der Waals surface area contributed by atoms with Gasteiger partial charge in [0.1, 0.15) is 6.67 Å². The zero-order valence-electron chi connectivity index (χ0n) is 6.17. The first-order valence-corrected chi connectivity index (χ1v) is 3.03. The molecule has 0 aromatic rings. The van der Waals surface area contributed by atoms with Crippen LogP contribution in [0, 0.1) is 0 Å². The summed E-state index contributed by atoms with van der Waals surface area (Å²) in [4.78, 5) is 20.9. The van der Waals surface area contributed by atoms with Gasteiger partial charge < -0.3 is 10.5 Å². The van der Waals surface area contributed by atoms with E-state index in [1.54, 1.807) is 0 Å². The summed E-state index contributed by atoms with van der Waals surface area (Å²) in [6.45, 7) is -1.14. The first-order valence-electron chi connectivity index (χ1n) is 3.03. The molecular weight excluding hydrogens is 153 g/mol. The Hall–Kier alpha value is -0.970. The summed E-state index contributed by atoms with van der Waals surface area (Å²) in [5, 5.41) is 0. The largest absolute Gasteiger partial charge is 0.469 e. The molecule has 5 heteroatoms. The molecule has 64 valence electrons. The molecule has 1 atom stereocenters. The molecule has 0 radical (unpaired) electrons. The molecule has 0 aromatic carbocycles. The fourth-order valence-electron chi connectivity index (χ4n) is 0.476. The lowest BCUT2D eigenvalue weighted by atomic mass is 10.1. The maximum atomic E-state index is 11.6. The minimum Gasteiger partial charge on any atom is -0.469 e. The first kappa shape index (κ1) is 10.0. The number of nitrogens with two attached hydrogens (primary N) is 1. The summed E-state index contributed by atoms with van der Waals surface area (Å²) < 4.78 is 15.8. The molecule has 0 aliphatic rings. The lowest BCUT2D eigenvalue weighted by Gasteiger charge is -2.05. The van der Waals surface area contributed by atoms with E-state index in [1.165, 1.54) is 7.11 Å². The lowest BCUT2D eigenvalue weighted by Crippen LogP contribution is -2.34. The third-order valence-electron chi connectivity index (χ3n) is 1.16. The Balaban J connectivity index is 3.77. The van der Waals surface area contributed by atoms with Crippen LogP contribution in [0.5, 0.6) is 0 Å². The number of alkyl halides is 1. The highest BCUT2D eigenvalue weighted by Crippen LogP contribution is 1.92. The molecule has 4 nitrogen and oxygen atoms in total. The smallest absolute Gasteiger partial charge is 0.307 e. The minimum atomic E-state index is -1.14. The topological polar surface area (TPSA) is 69.4 Å². The maximum absolute atomic E-state index is 11.6. The summed E-state index contributed by atoms with van der Waals surface area (Å²) in [5.74, 6) is -1.39. The number of methoxy groups -OCH3 is 1. The van der Waals surface area contributed by atoms with Gasteiger partial charge >= 0.3 is 5.97 Å². The molecule has 0 amide bonds. The van der Waals surface area contributed by atoms with E-state index in [2.05, 4.69) is 4.74 Å². The quantitative estimate of drug-likeness (QED) is 0.562. The van der Waals surface area contributed by atoms with Gasteiger partial charge in [-0.1, -0.05) is 0 Å². The molecule has 0 heterocycles. The summed E-state index contributed by atoms with van der Waals surface area (Å²) in [6, 6.07) is -1.08. The molecule has 2 N–H and O–H groups in total. The van der Waals surface area contributed by atoms with Crippen molar-refractivity contribution < 1.29 is 18.7 Å². The average molecular weight is 163 g/mol. The fraction of sp³-hybridized carbons (Fsp3) is 0.667. The van der Waals surface area contributed by atoms with Crippen molar-refractivity contribution in [2.45, 2.75) is 12.5 Å². The molecular formula is C6H10FNO3. The zero-order chi connectivity index (χ0) is 8.85. The van der Waals surface area contributed by atoms with Crippen LogP contribution in [-0.4, -0.2) is 31.6 Å². The third kappa shape index (κ3) is 3.67. The summed E-state index contributed by atoms with van der Waals surface area (Å²) in [6.07, 6.45) is -0.265. The first-order chi connectivity index (χ1) is 5.11. The molecule has 0 aromatic heterocycles. The van der Waals surface area contributed by atoms with E-state index in [0.29, 0.717) is 0 Å². The molecule has 0 saturated carbocycles. The van der Waals surface area contributed by atoms with Crippen molar-refractivity contribution in [1.29, 1.82) is 0 Å². The van der Waals surface area contributed by atoms with E-state index in [4.69, 9.17) is 5.73 Å². The van der Waals surface area contributed by atoms with Crippen molar-refractivity contribution in [1.82, 2.24) is 0 Å². The van der Waals surface area contributed by atoms with Crippen LogP contribution in [-0.2, 0) is 14.3 Å². The van der Waals surface area contributed by atoms with Crippen LogP contribution < -0.4 is 5.73 Å². The summed E-state index contributed by atoms with van der Waals surface area (Å²) >= 11 is 0. The highest BCUT2D eigenvalue weighted by atomic mass is 19.1. The minimum absolute atomic E-state index is 0.265. The number of carbonyl (C=O) groups is 2. The number of Topliss-reactive ketones (excluding diaryl/α,β-unsaturated/α-hetero) is 1. The van der Waals surface area contributed by atoms with Gasteiger partial charge in [-0.05, 0) is 0 Å². The van der Waals surface area contributed by atoms with Crippen LogP contribution in [0.1, 0.15) is 6.42 Å². The number of carbonyl (C=O) groups excluding carboxylic acids is 2. The highest BCUT2D eigenvalue weighted by Gasteiger charge is 2.16. The number of hydrogen-bond donors (Lipinski definition) is 1. The van der Waals surface area contributed by atoms with Gasteiger partial charge in [0.2, 0.25) is 0 Å². The Kier molecular flexibility index (Phi) is 4.36. The summed E-state index contributed by atoms with van der Waals surface area (Å²) in [7, 11) is 1.18.